The second kappa shape index (κ2) is 11.2. The summed E-state index contributed by atoms with van der Waals surface area (Å²) in [5.74, 6) is -4.37. The Morgan fingerprint density at radius 2 is 0.972 bits per heavy atom. The molecule has 0 aromatic heterocycles. The minimum atomic E-state index is -2.19. The molecule has 0 aliphatic carbocycles. The van der Waals surface area contributed by atoms with Gasteiger partial charge in [0.25, 0.3) is 0 Å². The molecule has 0 radical (unpaired) electrons. The van der Waals surface area contributed by atoms with Gasteiger partial charge in [0, 0.05) is 26.2 Å². The lowest BCUT2D eigenvalue weighted by Gasteiger charge is -2.48. The summed E-state index contributed by atoms with van der Waals surface area (Å²) < 4.78 is 10.6. The van der Waals surface area contributed by atoms with Crippen LogP contribution in [0.4, 0.5) is 9.59 Å². The smallest absolute Gasteiger partial charge is 0.410 e. The molecular weight excluding hydrogens is 472 g/mol. The zero-order valence-corrected chi connectivity index (χ0v) is 22.2. The monoisotopic (exact) mass is 512 g/mol. The summed E-state index contributed by atoms with van der Waals surface area (Å²) in [7, 11) is 0. The van der Waals surface area contributed by atoms with Crippen molar-refractivity contribution in [3.05, 3.63) is 0 Å². The number of ether oxygens (including phenoxy) is 2. The first-order valence-corrected chi connectivity index (χ1v) is 12.3. The van der Waals surface area contributed by atoms with Gasteiger partial charge in [0.1, 0.15) is 11.2 Å². The summed E-state index contributed by atoms with van der Waals surface area (Å²) in [4.78, 5) is 44.7. The van der Waals surface area contributed by atoms with Gasteiger partial charge in [-0.2, -0.15) is 0 Å². The van der Waals surface area contributed by atoms with Crippen LogP contribution < -0.4 is 20.8 Å². The number of nitrogens with zero attached hydrogens (tertiary/aromatic N) is 2. The van der Waals surface area contributed by atoms with Gasteiger partial charge in [-0.3, -0.25) is 0 Å². The van der Waals surface area contributed by atoms with Crippen molar-refractivity contribution in [2.24, 2.45) is 0 Å². The van der Waals surface area contributed by atoms with Crippen molar-refractivity contribution in [1.29, 1.82) is 0 Å². The summed E-state index contributed by atoms with van der Waals surface area (Å²) in [6.07, 6.45) is 4.46. The first kappa shape index (κ1) is 29.6. The predicted molar refractivity (Wildman–Crippen MR) is 126 cm³/mol. The molecule has 4 saturated heterocycles. The van der Waals surface area contributed by atoms with E-state index in [-0.39, 0.29) is 34.5 Å². The highest BCUT2D eigenvalue weighted by molar-refractivity contribution is 6.25. The molecule has 0 bridgehead atoms. The minimum Gasteiger partial charge on any atom is -0.543 e. The molecule has 0 saturated carbocycles. The second-order valence-corrected chi connectivity index (χ2v) is 11.9. The first-order chi connectivity index (χ1) is 16.4. The lowest BCUT2D eigenvalue weighted by molar-refractivity contribution is -0.345. The number of rotatable bonds is 0. The molecule has 4 fully saturated rings. The number of hydrogen-bond acceptors (Lipinski definition) is 10. The van der Waals surface area contributed by atoms with E-state index in [1.54, 1.807) is 9.80 Å². The van der Waals surface area contributed by atoms with Crippen molar-refractivity contribution >= 4 is 24.1 Å². The van der Waals surface area contributed by atoms with Crippen LogP contribution in [-0.2, 0) is 19.1 Å². The van der Waals surface area contributed by atoms with E-state index in [2.05, 4.69) is 10.6 Å². The van der Waals surface area contributed by atoms with Crippen LogP contribution in [0.5, 0.6) is 0 Å². The van der Waals surface area contributed by atoms with E-state index in [1.165, 1.54) is 25.7 Å². The highest BCUT2D eigenvalue weighted by atomic mass is 16.6. The number of aliphatic carboxylic acids is 2. The van der Waals surface area contributed by atoms with Crippen molar-refractivity contribution in [2.75, 3.05) is 39.3 Å². The molecule has 0 unspecified atom stereocenters. The van der Waals surface area contributed by atoms with Crippen molar-refractivity contribution in [2.45, 2.75) is 89.5 Å². The molecule has 0 aromatic carbocycles. The number of carboxylic acid groups (broad SMARTS) is 2. The zero-order valence-electron chi connectivity index (χ0n) is 22.2. The Labute approximate surface area is 212 Å². The molecule has 2 N–H and O–H groups in total. The van der Waals surface area contributed by atoms with Crippen molar-refractivity contribution in [1.82, 2.24) is 20.4 Å². The molecule has 0 aromatic rings. The van der Waals surface area contributed by atoms with E-state index in [9.17, 15) is 9.59 Å². The van der Waals surface area contributed by atoms with Gasteiger partial charge in [-0.15, -0.1) is 0 Å². The van der Waals surface area contributed by atoms with Crippen LogP contribution >= 0.6 is 0 Å². The van der Waals surface area contributed by atoms with Crippen LogP contribution in [0, 0.1) is 0 Å². The number of hydrogen-bond donors (Lipinski definition) is 2. The molecule has 0 atom stereocenters. The molecule has 206 valence electrons. The van der Waals surface area contributed by atoms with Crippen LogP contribution in [-0.4, -0.2) is 95.5 Å². The van der Waals surface area contributed by atoms with Gasteiger partial charge in [-0.05, 0) is 80.3 Å². The van der Waals surface area contributed by atoms with Crippen molar-refractivity contribution < 1.29 is 38.9 Å². The summed E-state index contributed by atoms with van der Waals surface area (Å²) in [5.41, 5.74) is -0.334. The van der Waals surface area contributed by atoms with E-state index in [0.29, 0.717) is 0 Å². The molecule has 12 heteroatoms. The summed E-state index contributed by atoms with van der Waals surface area (Å²) >= 11 is 0. The normalized spacial score (nSPS) is 21.3. The topological polar surface area (TPSA) is 163 Å². The van der Waals surface area contributed by atoms with Crippen LogP contribution in [0.15, 0.2) is 0 Å². The number of carbonyl (C=O) groups excluding carboxylic acids is 4. The van der Waals surface area contributed by atoms with E-state index in [4.69, 9.17) is 29.3 Å². The van der Waals surface area contributed by atoms with Crippen LogP contribution in [0.25, 0.3) is 0 Å². The van der Waals surface area contributed by atoms with Crippen LogP contribution in [0.1, 0.15) is 67.2 Å². The van der Waals surface area contributed by atoms with Crippen molar-refractivity contribution in [3.63, 3.8) is 0 Å². The highest BCUT2D eigenvalue weighted by Crippen LogP contribution is 2.31. The fourth-order valence-electron chi connectivity index (χ4n) is 4.56. The lowest BCUT2D eigenvalue weighted by Crippen LogP contribution is -2.68. The van der Waals surface area contributed by atoms with E-state index < -0.39 is 11.9 Å². The number of carboxylic acids is 2. The molecular formula is C24H40N4O8-2. The van der Waals surface area contributed by atoms with Gasteiger partial charge in [0.05, 0.1) is 23.0 Å². The average Bonchev–Trinajstić information content (AvgIpc) is 3.34. The Balaban J connectivity index is 0.000000208. The predicted octanol–water partition coefficient (Wildman–Crippen LogP) is -0.795. The minimum absolute atomic E-state index is 0.179. The van der Waals surface area contributed by atoms with E-state index >= 15 is 0 Å². The summed E-state index contributed by atoms with van der Waals surface area (Å²) in [5, 5.41) is 24.8. The Kier molecular flexibility index (Phi) is 9.22. The molecule has 4 aliphatic heterocycles. The number of amides is 2. The zero-order chi connectivity index (χ0) is 27.4. The third-order valence-corrected chi connectivity index (χ3v) is 6.11. The van der Waals surface area contributed by atoms with E-state index in [0.717, 1.165) is 39.3 Å². The fourth-order valence-corrected chi connectivity index (χ4v) is 4.56. The summed E-state index contributed by atoms with van der Waals surface area (Å²) in [6.45, 7) is 16.8. The first-order valence-electron chi connectivity index (χ1n) is 12.3. The lowest BCUT2D eigenvalue weighted by atomic mass is 9.89. The third-order valence-electron chi connectivity index (χ3n) is 6.11. The third kappa shape index (κ3) is 8.81. The van der Waals surface area contributed by atoms with Gasteiger partial charge in [-0.25, -0.2) is 9.59 Å². The average molecular weight is 513 g/mol. The number of nitrogens with one attached hydrogen (secondary N) is 2. The largest absolute Gasteiger partial charge is 0.543 e. The number of carbonyl (C=O) groups is 4. The summed E-state index contributed by atoms with van der Waals surface area (Å²) in [6, 6.07) is 0. The molecule has 36 heavy (non-hydrogen) atoms. The maximum Gasteiger partial charge on any atom is 0.410 e. The van der Waals surface area contributed by atoms with E-state index in [1.807, 2.05) is 41.5 Å². The molecule has 2 amide bonds. The molecule has 4 rings (SSSR count). The van der Waals surface area contributed by atoms with Crippen molar-refractivity contribution in [3.8, 4) is 0 Å². The maximum absolute atomic E-state index is 11.7. The Morgan fingerprint density at radius 1 is 0.667 bits per heavy atom. The Bertz CT molecular complexity index is 737. The van der Waals surface area contributed by atoms with Gasteiger partial charge >= 0.3 is 12.2 Å². The quantitative estimate of drug-likeness (QED) is 0.393. The highest BCUT2D eigenvalue weighted by Gasteiger charge is 2.48. The Morgan fingerprint density at radius 3 is 1.17 bits per heavy atom. The van der Waals surface area contributed by atoms with Crippen LogP contribution in [0.2, 0.25) is 0 Å². The molecule has 2 spiro atoms. The van der Waals surface area contributed by atoms with Gasteiger partial charge < -0.3 is 49.7 Å². The SMILES string of the molecule is CC(C)(C)OC(=O)N1CC2(CCCN2)C1.CC(C)(C)OC(=O)N1CC2(CCCN2)C1.O=C([O-])C(=O)[O-]. The van der Waals surface area contributed by atoms with Gasteiger partial charge in [0.2, 0.25) is 0 Å². The van der Waals surface area contributed by atoms with Gasteiger partial charge in [-0.1, -0.05) is 0 Å². The molecule has 4 aliphatic rings. The standard InChI is InChI=1S/2C11H20N2O2.C2H2O4/c2*1-10(2,3)15-9(14)13-7-11(8-13)5-4-6-12-11;3-1(4)2(5)6/h2*12H,4-8H2,1-3H3;(H,3,4)(H,5,6)/p-2. The maximum atomic E-state index is 11.7. The van der Waals surface area contributed by atoms with Crippen LogP contribution in [0.3, 0.4) is 0 Å². The molecule has 4 heterocycles. The number of likely N-dealkylation sites (tertiary alicyclic amines) is 2. The Hall–Kier alpha value is -2.60. The van der Waals surface area contributed by atoms with Gasteiger partial charge in [0.15, 0.2) is 0 Å². The molecule has 12 nitrogen and oxygen atoms in total. The fraction of sp³-hybridized carbons (Fsp3) is 0.833. The second-order valence-electron chi connectivity index (χ2n) is 11.9.